The third-order valence-corrected chi connectivity index (χ3v) is 3.10. The number of benzene rings is 1. The molecule has 0 heterocycles. The first-order valence-electron chi connectivity index (χ1n) is 7.02. The van der Waals surface area contributed by atoms with Crippen LogP contribution in [-0.4, -0.2) is 12.6 Å². The number of hydrogen-bond acceptors (Lipinski definition) is 2. The van der Waals surface area contributed by atoms with Crippen LogP contribution in [0.25, 0.3) is 0 Å². The maximum Gasteiger partial charge on any atom is 0.124 e. The zero-order valence-corrected chi connectivity index (χ0v) is 12.4. The van der Waals surface area contributed by atoms with E-state index in [0.29, 0.717) is 18.0 Å². The van der Waals surface area contributed by atoms with Gasteiger partial charge in [-0.1, -0.05) is 39.0 Å². The van der Waals surface area contributed by atoms with Crippen LogP contribution in [0.4, 0.5) is 0 Å². The maximum atomic E-state index is 5.89. The predicted molar refractivity (Wildman–Crippen MR) is 78.1 cm³/mol. The quantitative estimate of drug-likeness (QED) is 0.783. The molecule has 1 aromatic rings. The fourth-order valence-corrected chi connectivity index (χ4v) is 1.86. The van der Waals surface area contributed by atoms with Gasteiger partial charge in [0.1, 0.15) is 5.75 Å². The summed E-state index contributed by atoms with van der Waals surface area (Å²) in [7, 11) is 0. The Bertz CT molecular complexity index is 349. The zero-order valence-electron chi connectivity index (χ0n) is 12.4. The van der Waals surface area contributed by atoms with Crippen LogP contribution in [0.5, 0.6) is 5.75 Å². The lowest BCUT2D eigenvalue weighted by Gasteiger charge is -2.22. The lowest BCUT2D eigenvalue weighted by molar-refractivity contribution is 0.265. The SMILES string of the molecule is CC[C@H](C)N[C@H](C)c1ccccc1OCC(C)C. The molecular formula is C16H27NO. The van der Waals surface area contributed by atoms with Crippen molar-refractivity contribution in [3.05, 3.63) is 29.8 Å². The Hall–Kier alpha value is -1.02. The summed E-state index contributed by atoms with van der Waals surface area (Å²) in [6.45, 7) is 11.7. The van der Waals surface area contributed by atoms with Gasteiger partial charge in [-0.2, -0.15) is 0 Å². The second kappa shape index (κ2) is 7.42. The van der Waals surface area contributed by atoms with Crippen LogP contribution >= 0.6 is 0 Å². The molecule has 0 saturated heterocycles. The topological polar surface area (TPSA) is 21.3 Å². The Balaban J connectivity index is 2.74. The summed E-state index contributed by atoms with van der Waals surface area (Å²) < 4.78 is 5.89. The highest BCUT2D eigenvalue weighted by Crippen LogP contribution is 2.25. The molecule has 0 aliphatic carbocycles. The molecule has 102 valence electrons. The third-order valence-electron chi connectivity index (χ3n) is 3.10. The molecule has 1 N–H and O–H groups in total. The first-order valence-corrected chi connectivity index (χ1v) is 7.02. The van der Waals surface area contributed by atoms with Crippen LogP contribution in [0.1, 0.15) is 52.6 Å². The highest BCUT2D eigenvalue weighted by Gasteiger charge is 2.13. The number of ether oxygens (including phenoxy) is 1. The lowest BCUT2D eigenvalue weighted by atomic mass is 10.1. The monoisotopic (exact) mass is 249 g/mol. The fraction of sp³-hybridized carbons (Fsp3) is 0.625. The Labute approximate surface area is 112 Å². The van der Waals surface area contributed by atoms with Gasteiger partial charge in [0.2, 0.25) is 0 Å². The molecule has 0 unspecified atom stereocenters. The summed E-state index contributed by atoms with van der Waals surface area (Å²) >= 11 is 0. The van der Waals surface area contributed by atoms with Gasteiger partial charge < -0.3 is 10.1 Å². The Kier molecular flexibility index (Phi) is 6.20. The summed E-state index contributed by atoms with van der Waals surface area (Å²) in [5.41, 5.74) is 1.25. The lowest BCUT2D eigenvalue weighted by Crippen LogP contribution is -2.28. The van der Waals surface area contributed by atoms with Crippen molar-refractivity contribution in [2.45, 2.75) is 53.1 Å². The van der Waals surface area contributed by atoms with E-state index >= 15 is 0 Å². The Morgan fingerprint density at radius 3 is 2.39 bits per heavy atom. The van der Waals surface area contributed by atoms with E-state index in [2.05, 4.69) is 58.1 Å². The van der Waals surface area contributed by atoms with Crippen LogP contribution in [0.3, 0.4) is 0 Å². The molecule has 0 aromatic heterocycles. The van der Waals surface area contributed by atoms with Crippen molar-refractivity contribution < 1.29 is 4.74 Å². The molecule has 1 aromatic carbocycles. The summed E-state index contributed by atoms with van der Waals surface area (Å²) in [6.07, 6.45) is 1.14. The zero-order chi connectivity index (χ0) is 13.5. The smallest absolute Gasteiger partial charge is 0.124 e. The van der Waals surface area contributed by atoms with Crippen LogP contribution in [0.2, 0.25) is 0 Å². The second-order valence-electron chi connectivity index (χ2n) is 5.44. The van der Waals surface area contributed by atoms with E-state index in [4.69, 9.17) is 4.74 Å². The highest BCUT2D eigenvalue weighted by atomic mass is 16.5. The van der Waals surface area contributed by atoms with Gasteiger partial charge in [0.25, 0.3) is 0 Å². The van der Waals surface area contributed by atoms with E-state index in [1.165, 1.54) is 5.56 Å². The van der Waals surface area contributed by atoms with Crippen molar-refractivity contribution in [2.75, 3.05) is 6.61 Å². The van der Waals surface area contributed by atoms with Crippen molar-refractivity contribution in [1.29, 1.82) is 0 Å². The summed E-state index contributed by atoms with van der Waals surface area (Å²) in [5, 5.41) is 3.59. The van der Waals surface area contributed by atoms with Gasteiger partial charge in [-0.05, 0) is 32.3 Å². The van der Waals surface area contributed by atoms with Crippen LogP contribution in [0, 0.1) is 5.92 Å². The first-order chi connectivity index (χ1) is 8.54. The number of para-hydroxylation sites is 1. The fourth-order valence-electron chi connectivity index (χ4n) is 1.86. The summed E-state index contributed by atoms with van der Waals surface area (Å²) in [5.74, 6) is 1.56. The van der Waals surface area contributed by atoms with E-state index in [1.54, 1.807) is 0 Å². The average Bonchev–Trinajstić information content (AvgIpc) is 2.36. The minimum Gasteiger partial charge on any atom is -0.493 e. The molecule has 2 atom stereocenters. The number of nitrogens with one attached hydrogen (secondary N) is 1. The second-order valence-corrected chi connectivity index (χ2v) is 5.44. The van der Waals surface area contributed by atoms with Gasteiger partial charge in [-0.3, -0.25) is 0 Å². The van der Waals surface area contributed by atoms with E-state index in [0.717, 1.165) is 18.8 Å². The molecule has 2 nitrogen and oxygen atoms in total. The molecule has 0 aliphatic rings. The van der Waals surface area contributed by atoms with E-state index in [9.17, 15) is 0 Å². The molecule has 1 rings (SSSR count). The minimum atomic E-state index is 0.323. The molecule has 0 spiro atoms. The molecule has 0 radical (unpaired) electrons. The third kappa shape index (κ3) is 4.69. The van der Waals surface area contributed by atoms with Crippen LogP contribution < -0.4 is 10.1 Å². The molecule has 18 heavy (non-hydrogen) atoms. The van der Waals surface area contributed by atoms with E-state index < -0.39 is 0 Å². The predicted octanol–water partition coefficient (Wildman–Crippen LogP) is 4.17. The molecule has 0 amide bonds. The maximum absolute atomic E-state index is 5.89. The van der Waals surface area contributed by atoms with E-state index in [-0.39, 0.29) is 0 Å². The van der Waals surface area contributed by atoms with Gasteiger partial charge in [0.15, 0.2) is 0 Å². The van der Waals surface area contributed by atoms with Crippen LogP contribution in [-0.2, 0) is 0 Å². The molecule has 0 aliphatic heterocycles. The van der Waals surface area contributed by atoms with Gasteiger partial charge in [-0.15, -0.1) is 0 Å². The number of rotatable bonds is 7. The van der Waals surface area contributed by atoms with Crippen molar-refractivity contribution in [3.8, 4) is 5.75 Å². The van der Waals surface area contributed by atoms with Crippen LogP contribution in [0.15, 0.2) is 24.3 Å². The molecule has 0 fully saturated rings. The summed E-state index contributed by atoms with van der Waals surface area (Å²) in [6, 6.07) is 9.17. The van der Waals surface area contributed by atoms with Crippen molar-refractivity contribution in [2.24, 2.45) is 5.92 Å². The molecule has 0 saturated carbocycles. The van der Waals surface area contributed by atoms with Crippen molar-refractivity contribution in [3.63, 3.8) is 0 Å². The molecule has 0 bridgehead atoms. The van der Waals surface area contributed by atoms with E-state index in [1.807, 2.05) is 6.07 Å². The van der Waals surface area contributed by atoms with Gasteiger partial charge in [-0.25, -0.2) is 0 Å². The Morgan fingerprint density at radius 1 is 1.11 bits per heavy atom. The first kappa shape index (κ1) is 15.0. The summed E-state index contributed by atoms with van der Waals surface area (Å²) in [4.78, 5) is 0. The van der Waals surface area contributed by atoms with Crippen molar-refractivity contribution in [1.82, 2.24) is 5.32 Å². The number of hydrogen-bond donors (Lipinski definition) is 1. The minimum absolute atomic E-state index is 0.323. The standard InChI is InChI=1S/C16H27NO/c1-6-13(4)17-14(5)15-9-7-8-10-16(15)18-11-12(2)3/h7-10,12-14,17H,6,11H2,1-5H3/t13-,14+/m0/s1. The molecule has 2 heteroatoms. The largest absolute Gasteiger partial charge is 0.493 e. The van der Waals surface area contributed by atoms with Gasteiger partial charge in [0, 0.05) is 17.6 Å². The molecular weight excluding hydrogens is 222 g/mol. The van der Waals surface area contributed by atoms with Gasteiger partial charge in [0.05, 0.1) is 6.61 Å². The highest BCUT2D eigenvalue weighted by molar-refractivity contribution is 5.35. The van der Waals surface area contributed by atoms with Gasteiger partial charge >= 0.3 is 0 Å². The average molecular weight is 249 g/mol. The normalized spacial score (nSPS) is 14.6. The van der Waals surface area contributed by atoms with Crippen molar-refractivity contribution >= 4 is 0 Å². The Morgan fingerprint density at radius 2 is 1.78 bits per heavy atom.